The lowest BCUT2D eigenvalue weighted by atomic mass is 10.0. The monoisotopic (exact) mass is 281 g/mol. The molecule has 20 heavy (non-hydrogen) atoms. The molecule has 1 aromatic heterocycles. The van der Waals surface area contributed by atoms with Crippen molar-refractivity contribution in [3.05, 3.63) is 0 Å². The Morgan fingerprint density at radius 1 is 1.25 bits per heavy atom. The van der Waals surface area contributed by atoms with Gasteiger partial charge in [-0.3, -0.25) is 0 Å². The zero-order chi connectivity index (χ0) is 14.4. The van der Waals surface area contributed by atoms with Crippen LogP contribution in [0.25, 0.3) is 0 Å². The van der Waals surface area contributed by atoms with Gasteiger partial charge in [-0.25, -0.2) is 0 Å². The second kappa shape index (κ2) is 6.69. The Labute approximate surface area is 119 Å². The van der Waals surface area contributed by atoms with Gasteiger partial charge >= 0.3 is 6.01 Å². The third kappa shape index (κ3) is 3.93. The van der Waals surface area contributed by atoms with Crippen molar-refractivity contribution in [3.8, 4) is 6.01 Å². The number of ether oxygens (including phenoxy) is 2. The molecule has 0 radical (unpaired) electrons. The van der Waals surface area contributed by atoms with Crippen LogP contribution in [0.3, 0.4) is 0 Å². The topological polar surface area (TPSA) is 81.2 Å². The minimum Gasteiger partial charge on any atom is -0.464 e. The first-order chi connectivity index (χ1) is 9.65. The molecule has 0 aliphatic carbocycles. The highest BCUT2D eigenvalue weighted by molar-refractivity contribution is 5.38. The van der Waals surface area contributed by atoms with E-state index in [0.29, 0.717) is 31.1 Å². The van der Waals surface area contributed by atoms with E-state index >= 15 is 0 Å². The van der Waals surface area contributed by atoms with E-state index in [4.69, 9.17) is 9.47 Å². The molecule has 7 nitrogen and oxygen atoms in total. The molecule has 2 rings (SSSR count). The van der Waals surface area contributed by atoms with Crippen molar-refractivity contribution in [1.29, 1.82) is 0 Å². The fourth-order valence-corrected chi connectivity index (χ4v) is 1.96. The van der Waals surface area contributed by atoms with Crippen LogP contribution in [0.4, 0.5) is 11.9 Å². The van der Waals surface area contributed by atoms with E-state index in [9.17, 15) is 0 Å². The first-order valence-electron chi connectivity index (χ1n) is 7.14. The molecule has 1 unspecified atom stereocenters. The largest absolute Gasteiger partial charge is 0.464 e. The number of aromatic nitrogens is 3. The van der Waals surface area contributed by atoms with Crippen molar-refractivity contribution in [3.63, 3.8) is 0 Å². The molecular formula is C13H23N5O2. The summed E-state index contributed by atoms with van der Waals surface area (Å²) in [4.78, 5) is 12.9. The lowest BCUT2D eigenvalue weighted by molar-refractivity contribution is 0.185. The minimum absolute atomic E-state index is 0.132. The SMILES string of the molecule is CCCNc1nc(NC2(C)CCOC2)nc(OCC)n1. The molecule has 0 amide bonds. The standard InChI is InChI=1S/C13H23N5O2/c1-4-7-14-10-15-11(17-12(16-10)20-5-2)18-13(3)6-8-19-9-13/h4-9H2,1-3H3,(H2,14,15,16,17,18). The van der Waals surface area contributed by atoms with Crippen LogP contribution in [0.5, 0.6) is 6.01 Å². The number of hydrogen-bond donors (Lipinski definition) is 2. The summed E-state index contributed by atoms with van der Waals surface area (Å²) in [6.07, 6.45) is 1.93. The lowest BCUT2D eigenvalue weighted by Gasteiger charge is -2.23. The number of nitrogens with one attached hydrogen (secondary N) is 2. The quantitative estimate of drug-likeness (QED) is 0.787. The second-order valence-electron chi connectivity index (χ2n) is 5.11. The van der Waals surface area contributed by atoms with Crippen LogP contribution < -0.4 is 15.4 Å². The summed E-state index contributed by atoms with van der Waals surface area (Å²) in [6, 6.07) is 0.339. The van der Waals surface area contributed by atoms with E-state index in [-0.39, 0.29) is 5.54 Å². The van der Waals surface area contributed by atoms with Crippen LogP contribution in [0, 0.1) is 0 Å². The highest BCUT2D eigenvalue weighted by Crippen LogP contribution is 2.23. The van der Waals surface area contributed by atoms with Crippen LogP contribution in [0.2, 0.25) is 0 Å². The van der Waals surface area contributed by atoms with Gasteiger partial charge in [0.1, 0.15) is 0 Å². The predicted octanol–water partition coefficient (Wildman–Crippen LogP) is 1.68. The van der Waals surface area contributed by atoms with E-state index in [2.05, 4.69) is 39.4 Å². The predicted molar refractivity (Wildman–Crippen MR) is 77.2 cm³/mol. The van der Waals surface area contributed by atoms with Crippen molar-refractivity contribution in [2.75, 3.05) is 37.0 Å². The Bertz CT molecular complexity index is 435. The smallest absolute Gasteiger partial charge is 0.323 e. The molecule has 2 N–H and O–H groups in total. The minimum atomic E-state index is -0.132. The van der Waals surface area contributed by atoms with E-state index in [1.807, 2.05) is 6.92 Å². The van der Waals surface area contributed by atoms with Crippen molar-refractivity contribution in [2.24, 2.45) is 0 Å². The summed E-state index contributed by atoms with van der Waals surface area (Å²) in [7, 11) is 0. The summed E-state index contributed by atoms with van der Waals surface area (Å²) in [5, 5.41) is 6.48. The van der Waals surface area contributed by atoms with E-state index in [1.54, 1.807) is 0 Å². The normalized spacial score (nSPS) is 21.8. The van der Waals surface area contributed by atoms with Crippen molar-refractivity contribution >= 4 is 11.9 Å². The zero-order valence-electron chi connectivity index (χ0n) is 12.4. The van der Waals surface area contributed by atoms with E-state index in [0.717, 1.165) is 26.0 Å². The van der Waals surface area contributed by atoms with Crippen molar-refractivity contribution < 1.29 is 9.47 Å². The van der Waals surface area contributed by atoms with E-state index in [1.165, 1.54) is 0 Å². The van der Waals surface area contributed by atoms with Crippen LogP contribution in [0.1, 0.15) is 33.6 Å². The van der Waals surface area contributed by atoms with Crippen LogP contribution in [0.15, 0.2) is 0 Å². The summed E-state index contributed by atoms with van der Waals surface area (Å²) in [5.41, 5.74) is -0.132. The molecule has 2 heterocycles. The number of rotatable bonds is 7. The highest BCUT2D eigenvalue weighted by Gasteiger charge is 2.30. The van der Waals surface area contributed by atoms with Gasteiger partial charge in [-0.15, -0.1) is 0 Å². The molecular weight excluding hydrogens is 258 g/mol. The Morgan fingerprint density at radius 3 is 2.70 bits per heavy atom. The summed E-state index contributed by atoms with van der Waals surface area (Å²) < 4.78 is 10.8. The average Bonchev–Trinajstić information content (AvgIpc) is 2.83. The van der Waals surface area contributed by atoms with Gasteiger partial charge in [0.25, 0.3) is 0 Å². The zero-order valence-corrected chi connectivity index (χ0v) is 12.4. The molecule has 1 aliphatic heterocycles. The molecule has 0 aromatic carbocycles. The maximum absolute atomic E-state index is 5.42. The van der Waals surface area contributed by atoms with Gasteiger partial charge in [0.05, 0.1) is 18.8 Å². The molecule has 1 aromatic rings. The fourth-order valence-electron chi connectivity index (χ4n) is 1.96. The average molecular weight is 281 g/mol. The first-order valence-corrected chi connectivity index (χ1v) is 7.14. The highest BCUT2D eigenvalue weighted by atomic mass is 16.5. The number of nitrogens with zero attached hydrogens (tertiary/aromatic N) is 3. The molecule has 1 fully saturated rings. The van der Waals surface area contributed by atoms with Gasteiger partial charge in [0.2, 0.25) is 11.9 Å². The first kappa shape index (κ1) is 14.8. The third-order valence-corrected chi connectivity index (χ3v) is 3.05. The molecule has 7 heteroatoms. The summed E-state index contributed by atoms with van der Waals surface area (Å²) >= 11 is 0. The lowest BCUT2D eigenvalue weighted by Crippen LogP contribution is -2.36. The van der Waals surface area contributed by atoms with Gasteiger partial charge in [-0.05, 0) is 26.7 Å². The molecule has 0 saturated carbocycles. The third-order valence-electron chi connectivity index (χ3n) is 3.05. The molecule has 112 valence electrons. The molecule has 1 atom stereocenters. The van der Waals surface area contributed by atoms with Gasteiger partial charge in [-0.1, -0.05) is 6.92 Å². The number of anilines is 2. The maximum Gasteiger partial charge on any atom is 0.323 e. The molecule has 1 aliphatic rings. The summed E-state index contributed by atoms with van der Waals surface area (Å²) in [6.45, 7) is 8.85. The van der Waals surface area contributed by atoms with Gasteiger partial charge in [0.15, 0.2) is 0 Å². The van der Waals surface area contributed by atoms with Crippen molar-refractivity contribution in [2.45, 2.75) is 39.2 Å². The van der Waals surface area contributed by atoms with Crippen LogP contribution >= 0.6 is 0 Å². The van der Waals surface area contributed by atoms with Gasteiger partial charge < -0.3 is 20.1 Å². The Balaban J connectivity index is 2.14. The van der Waals surface area contributed by atoms with Crippen LogP contribution in [-0.4, -0.2) is 46.9 Å². The van der Waals surface area contributed by atoms with Gasteiger partial charge in [0, 0.05) is 13.2 Å². The fraction of sp³-hybridized carbons (Fsp3) is 0.769. The molecule has 1 saturated heterocycles. The van der Waals surface area contributed by atoms with E-state index < -0.39 is 0 Å². The molecule has 0 spiro atoms. The number of hydrogen-bond acceptors (Lipinski definition) is 7. The maximum atomic E-state index is 5.42. The Hall–Kier alpha value is -1.63. The van der Waals surface area contributed by atoms with Crippen molar-refractivity contribution in [1.82, 2.24) is 15.0 Å². The Morgan fingerprint density at radius 2 is 2.05 bits per heavy atom. The molecule has 0 bridgehead atoms. The van der Waals surface area contributed by atoms with Crippen LogP contribution in [-0.2, 0) is 4.74 Å². The Kier molecular flexibility index (Phi) is 4.94. The second-order valence-corrected chi connectivity index (χ2v) is 5.11. The summed E-state index contributed by atoms with van der Waals surface area (Å²) in [5.74, 6) is 1.06. The van der Waals surface area contributed by atoms with Gasteiger partial charge in [-0.2, -0.15) is 15.0 Å².